The molecular weight excluding hydrogens is 332 g/mol. The number of anilines is 1. The fraction of sp³-hybridized carbons (Fsp3) is 0.125. The molecule has 8 heteroatoms. The number of benzene rings is 2. The number of sulfonamides is 1. The molecule has 0 aromatic heterocycles. The molecule has 2 rings (SSSR count). The van der Waals surface area contributed by atoms with Gasteiger partial charge in [0.25, 0.3) is 15.9 Å². The minimum absolute atomic E-state index is 0.0939. The van der Waals surface area contributed by atoms with Crippen LogP contribution in [-0.4, -0.2) is 26.4 Å². The number of primary amides is 1. The van der Waals surface area contributed by atoms with Gasteiger partial charge in [-0.2, -0.15) is 0 Å². The summed E-state index contributed by atoms with van der Waals surface area (Å²) in [7, 11) is -3.77. The Kier molecular flexibility index (Phi) is 5.20. The van der Waals surface area contributed by atoms with Gasteiger partial charge in [-0.1, -0.05) is 24.3 Å². The van der Waals surface area contributed by atoms with Crippen molar-refractivity contribution >= 4 is 27.6 Å². The van der Waals surface area contributed by atoms with Gasteiger partial charge < -0.3 is 10.5 Å². The van der Waals surface area contributed by atoms with E-state index < -0.39 is 28.0 Å². The third kappa shape index (κ3) is 4.32. The van der Waals surface area contributed by atoms with Gasteiger partial charge in [0.15, 0.2) is 6.10 Å². The predicted molar refractivity (Wildman–Crippen MR) is 87.8 cm³/mol. The molecule has 0 spiro atoms. The normalized spacial score (nSPS) is 12.2. The standard InChI is InChI=1S/C16H16N2O5S/c1-11(15(17)19)23-16(20)12-6-5-7-13(10-12)18-24(21,22)14-8-3-2-4-9-14/h2-11,18H,1H3,(H2,17,19). The van der Waals surface area contributed by atoms with Crippen LogP contribution in [0.2, 0.25) is 0 Å². The SMILES string of the molecule is CC(OC(=O)c1cccc(NS(=O)(=O)c2ccccc2)c1)C(N)=O. The molecule has 0 aliphatic rings. The van der Waals surface area contributed by atoms with Crippen molar-refractivity contribution in [2.24, 2.45) is 5.73 Å². The first kappa shape index (κ1) is 17.5. The van der Waals surface area contributed by atoms with E-state index >= 15 is 0 Å². The molecule has 0 aliphatic heterocycles. The smallest absolute Gasteiger partial charge is 0.338 e. The van der Waals surface area contributed by atoms with Gasteiger partial charge in [0.05, 0.1) is 10.5 Å². The summed E-state index contributed by atoms with van der Waals surface area (Å²) in [4.78, 5) is 23.0. The Bertz CT molecular complexity index is 850. The monoisotopic (exact) mass is 348 g/mol. The Morgan fingerprint density at radius 2 is 1.75 bits per heavy atom. The molecule has 0 saturated heterocycles. The van der Waals surface area contributed by atoms with Crippen LogP contribution >= 0.6 is 0 Å². The molecule has 2 aromatic carbocycles. The summed E-state index contributed by atoms with van der Waals surface area (Å²) >= 11 is 0. The summed E-state index contributed by atoms with van der Waals surface area (Å²) < 4.78 is 31.8. The number of rotatable bonds is 6. The Morgan fingerprint density at radius 1 is 1.08 bits per heavy atom. The molecule has 0 radical (unpaired) electrons. The first-order valence-corrected chi connectivity index (χ1v) is 8.46. The highest BCUT2D eigenvalue weighted by molar-refractivity contribution is 7.92. The van der Waals surface area contributed by atoms with E-state index in [-0.39, 0.29) is 16.1 Å². The highest BCUT2D eigenvalue weighted by Crippen LogP contribution is 2.17. The number of nitrogens with one attached hydrogen (secondary N) is 1. The zero-order valence-corrected chi connectivity index (χ0v) is 13.6. The van der Waals surface area contributed by atoms with E-state index in [1.54, 1.807) is 18.2 Å². The number of amides is 1. The lowest BCUT2D eigenvalue weighted by molar-refractivity contribution is -0.125. The highest BCUT2D eigenvalue weighted by atomic mass is 32.2. The number of hydrogen-bond donors (Lipinski definition) is 2. The summed E-state index contributed by atoms with van der Waals surface area (Å²) in [6.07, 6.45) is -1.08. The van der Waals surface area contributed by atoms with Gasteiger partial charge in [0.1, 0.15) is 0 Å². The number of hydrogen-bond acceptors (Lipinski definition) is 5. The van der Waals surface area contributed by atoms with Gasteiger partial charge >= 0.3 is 5.97 Å². The van der Waals surface area contributed by atoms with Crippen molar-refractivity contribution in [2.75, 3.05) is 4.72 Å². The van der Waals surface area contributed by atoms with E-state index in [1.807, 2.05) is 0 Å². The Hall–Kier alpha value is -2.87. The topological polar surface area (TPSA) is 116 Å². The Morgan fingerprint density at radius 3 is 2.38 bits per heavy atom. The van der Waals surface area contributed by atoms with Crippen LogP contribution < -0.4 is 10.5 Å². The van der Waals surface area contributed by atoms with E-state index in [4.69, 9.17) is 10.5 Å². The zero-order chi connectivity index (χ0) is 17.7. The van der Waals surface area contributed by atoms with E-state index in [0.29, 0.717) is 0 Å². The number of esters is 1. The predicted octanol–water partition coefficient (Wildman–Crippen LogP) is 1.52. The number of nitrogens with two attached hydrogens (primary N) is 1. The lowest BCUT2D eigenvalue weighted by atomic mass is 10.2. The lowest BCUT2D eigenvalue weighted by Gasteiger charge is -2.11. The number of carbonyl (C=O) groups is 2. The molecule has 0 heterocycles. The van der Waals surface area contributed by atoms with Crippen LogP contribution in [0.5, 0.6) is 0 Å². The second kappa shape index (κ2) is 7.14. The van der Waals surface area contributed by atoms with Gasteiger partial charge in [-0.05, 0) is 37.3 Å². The van der Waals surface area contributed by atoms with E-state index in [0.717, 1.165) is 0 Å². The fourth-order valence-corrected chi connectivity index (χ4v) is 2.88. The van der Waals surface area contributed by atoms with Crippen LogP contribution in [0, 0.1) is 0 Å². The first-order valence-electron chi connectivity index (χ1n) is 6.98. The fourth-order valence-electron chi connectivity index (χ4n) is 1.81. The maximum absolute atomic E-state index is 12.3. The molecule has 7 nitrogen and oxygen atoms in total. The Balaban J connectivity index is 2.19. The minimum Gasteiger partial charge on any atom is -0.449 e. The second-order valence-corrected chi connectivity index (χ2v) is 6.63. The molecule has 0 saturated carbocycles. The minimum atomic E-state index is -3.77. The van der Waals surface area contributed by atoms with Gasteiger partial charge in [-0.3, -0.25) is 9.52 Å². The molecule has 3 N–H and O–H groups in total. The third-order valence-electron chi connectivity index (χ3n) is 3.09. The molecule has 2 aromatic rings. The van der Waals surface area contributed by atoms with Crippen molar-refractivity contribution in [1.29, 1.82) is 0 Å². The molecule has 0 bridgehead atoms. The molecule has 0 aliphatic carbocycles. The van der Waals surface area contributed by atoms with Gasteiger partial charge in [-0.25, -0.2) is 13.2 Å². The summed E-state index contributed by atoms with van der Waals surface area (Å²) in [5.41, 5.74) is 5.32. The molecule has 1 atom stereocenters. The summed E-state index contributed by atoms with van der Waals surface area (Å²) in [6.45, 7) is 1.35. The van der Waals surface area contributed by atoms with Crippen molar-refractivity contribution in [1.82, 2.24) is 0 Å². The molecular formula is C16H16N2O5S. The summed E-state index contributed by atoms with van der Waals surface area (Å²) in [6, 6.07) is 13.6. The summed E-state index contributed by atoms with van der Waals surface area (Å²) in [5.74, 6) is -1.55. The quantitative estimate of drug-likeness (QED) is 0.768. The van der Waals surface area contributed by atoms with Gasteiger partial charge in [-0.15, -0.1) is 0 Å². The molecule has 126 valence electrons. The highest BCUT2D eigenvalue weighted by Gasteiger charge is 2.18. The van der Waals surface area contributed by atoms with Crippen molar-refractivity contribution in [3.63, 3.8) is 0 Å². The maximum atomic E-state index is 12.3. The average molecular weight is 348 g/mol. The third-order valence-corrected chi connectivity index (χ3v) is 4.49. The van der Waals surface area contributed by atoms with Crippen LogP contribution in [-0.2, 0) is 19.6 Å². The van der Waals surface area contributed by atoms with Crippen LogP contribution in [0.15, 0.2) is 59.5 Å². The van der Waals surface area contributed by atoms with Gasteiger partial charge in [0.2, 0.25) is 0 Å². The van der Waals surface area contributed by atoms with E-state index in [2.05, 4.69) is 4.72 Å². The average Bonchev–Trinajstić information content (AvgIpc) is 2.55. The number of carbonyl (C=O) groups excluding carboxylic acids is 2. The lowest BCUT2D eigenvalue weighted by Crippen LogP contribution is -2.30. The van der Waals surface area contributed by atoms with Crippen LogP contribution in [0.4, 0.5) is 5.69 Å². The van der Waals surface area contributed by atoms with Crippen molar-refractivity contribution in [2.45, 2.75) is 17.9 Å². The van der Waals surface area contributed by atoms with Gasteiger partial charge in [0, 0.05) is 5.69 Å². The van der Waals surface area contributed by atoms with Crippen molar-refractivity contribution in [3.05, 3.63) is 60.2 Å². The second-order valence-electron chi connectivity index (χ2n) is 4.95. The molecule has 24 heavy (non-hydrogen) atoms. The van der Waals surface area contributed by atoms with E-state index in [9.17, 15) is 18.0 Å². The largest absolute Gasteiger partial charge is 0.449 e. The van der Waals surface area contributed by atoms with Crippen LogP contribution in [0.25, 0.3) is 0 Å². The van der Waals surface area contributed by atoms with Crippen LogP contribution in [0.3, 0.4) is 0 Å². The van der Waals surface area contributed by atoms with Crippen molar-refractivity contribution in [3.8, 4) is 0 Å². The maximum Gasteiger partial charge on any atom is 0.338 e. The van der Waals surface area contributed by atoms with E-state index in [1.165, 1.54) is 43.3 Å². The number of ether oxygens (including phenoxy) is 1. The Labute approximate surface area is 139 Å². The first-order chi connectivity index (χ1) is 11.3. The van der Waals surface area contributed by atoms with Crippen molar-refractivity contribution < 1.29 is 22.7 Å². The molecule has 0 fully saturated rings. The molecule has 1 amide bonds. The summed E-state index contributed by atoms with van der Waals surface area (Å²) in [5, 5.41) is 0. The van der Waals surface area contributed by atoms with Crippen LogP contribution in [0.1, 0.15) is 17.3 Å². The molecule has 1 unspecified atom stereocenters. The zero-order valence-electron chi connectivity index (χ0n) is 12.8.